The molecule has 1 saturated carbocycles. The van der Waals surface area contributed by atoms with Gasteiger partial charge in [-0.1, -0.05) is 6.07 Å². The highest BCUT2D eigenvalue weighted by atomic mass is 19.1. The highest BCUT2D eigenvalue weighted by Gasteiger charge is 2.51. The fraction of sp³-hybridized carbons (Fsp3) is 0.409. The number of hydrogen-bond acceptors (Lipinski definition) is 4. The first kappa shape index (κ1) is 19.7. The van der Waals surface area contributed by atoms with E-state index >= 15 is 0 Å². The molecule has 2 aromatic rings. The molecule has 2 fully saturated rings. The molecular formula is C22H21F2N3O4. The quantitative estimate of drug-likeness (QED) is 0.784. The van der Waals surface area contributed by atoms with Crippen LogP contribution in [0.15, 0.2) is 29.2 Å². The van der Waals surface area contributed by atoms with Gasteiger partial charge in [0.05, 0.1) is 12.1 Å². The van der Waals surface area contributed by atoms with Gasteiger partial charge in [-0.3, -0.25) is 14.4 Å². The van der Waals surface area contributed by atoms with Gasteiger partial charge in [-0.2, -0.15) is 0 Å². The van der Waals surface area contributed by atoms with Crippen molar-refractivity contribution in [3.63, 3.8) is 0 Å². The van der Waals surface area contributed by atoms with Crippen molar-refractivity contribution in [1.82, 2.24) is 14.8 Å². The van der Waals surface area contributed by atoms with Crippen LogP contribution in [0.2, 0.25) is 0 Å². The van der Waals surface area contributed by atoms with Gasteiger partial charge in [0.15, 0.2) is 11.4 Å². The summed E-state index contributed by atoms with van der Waals surface area (Å²) in [4.78, 5) is 40.2. The number of nitrogens with zero attached hydrogens (tertiary/aromatic N) is 2. The summed E-state index contributed by atoms with van der Waals surface area (Å²) in [5, 5.41) is 13.0. The van der Waals surface area contributed by atoms with Crippen molar-refractivity contribution in [3.8, 4) is 5.75 Å². The molecule has 7 nitrogen and oxygen atoms in total. The van der Waals surface area contributed by atoms with E-state index < -0.39 is 34.8 Å². The molecule has 4 atom stereocenters. The minimum Gasteiger partial charge on any atom is -0.503 e. The standard InChI is InChI=1S/C22H21F2N3O4/c1-10(14-5-3-12(23)7-16(14)24)25-21(30)15-8-26-9-17-11-2-4-13(6-11)27(17)22(31)18(26)20(29)19(15)28/h3,5,7-8,10-11,13,17,29H,2,4,6,9H2,1H3,(H,25,30)/t10-,11?,13?,17+/m1/s1. The van der Waals surface area contributed by atoms with Gasteiger partial charge in [0.1, 0.15) is 17.2 Å². The number of carbonyl (C=O) groups is 2. The Labute approximate surface area is 176 Å². The van der Waals surface area contributed by atoms with Gasteiger partial charge < -0.3 is 19.9 Å². The summed E-state index contributed by atoms with van der Waals surface area (Å²) in [6.07, 6.45) is 4.18. The zero-order chi connectivity index (χ0) is 22.0. The number of hydrogen-bond donors (Lipinski definition) is 2. The molecule has 1 aromatic heterocycles. The van der Waals surface area contributed by atoms with Gasteiger partial charge in [-0.25, -0.2) is 8.78 Å². The molecule has 1 aliphatic carbocycles. The molecular weight excluding hydrogens is 408 g/mol. The Bertz CT molecular complexity index is 1180. The predicted octanol–water partition coefficient (Wildman–Crippen LogP) is 2.33. The number of carbonyl (C=O) groups excluding carboxylic acids is 2. The number of halogens is 2. The van der Waals surface area contributed by atoms with E-state index in [0.29, 0.717) is 18.5 Å². The number of amides is 2. The summed E-state index contributed by atoms with van der Waals surface area (Å²) < 4.78 is 28.7. The molecule has 2 unspecified atom stereocenters. The lowest BCUT2D eigenvalue weighted by molar-refractivity contribution is 0.0482. The van der Waals surface area contributed by atoms with Crippen molar-refractivity contribution in [3.05, 3.63) is 63.1 Å². The van der Waals surface area contributed by atoms with Gasteiger partial charge in [-0.15, -0.1) is 0 Å². The highest BCUT2D eigenvalue weighted by Crippen LogP contribution is 2.45. The van der Waals surface area contributed by atoms with E-state index in [2.05, 4.69) is 5.32 Å². The summed E-state index contributed by atoms with van der Waals surface area (Å²) in [5.41, 5.74) is -1.32. The number of fused-ring (bicyclic) bond motifs is 6. The molecule has 162 valence electrons. The molecule has 2 aliphatic heterocycles. The van der Waals surface area contributed by atoms with Crippen LogP contribution in [-0.4, -0.2) is 38.5 Å². The SMILES string of the molecule is C[C@@H](NC(=O)c1cn2c(c(O)c1=O)C(=O)N1C3CCC(C3)[C@@H]1C2)c1ccc(F)cc1F. The second-order valence-corrected chi connectivity index (χ2v) is 8.59. The van der Waals surface area contributed by atoms with Crippen molar-refractivity contribution in [1.29, 1.82) is 0 Å². The van der Waals surface area contributed by atoms with Crippen molar-refractivity contribution >= 4 is 11.8 Å². The highest BCUT2D eigenvalue weighted by molar-refractivity contribution is 5.99. The number of benzene rings is 1. The van der Waals surface area contributed by atoms with E-state index in [4.69, 9.17) is 0 Å². The Morgan fingerprint density at radius 3 is 2.77 bits per heavy atom. The molecule has 5 rings (SSSR count). The molecule has 3 heterocycles. The molecule has 0 spiro atoms. The summed E-state index contributed by atoms with van der Waals surface area (Å²) in [6.45, 7) is 1.90. The first-order valence-electron chi connectivity index (χ1n) is 10.3. The molecule has 0 radical (unpaired) electrons. The van der Waals surface area contributed by atoms with E-state index in [-0.39, 0.29) is 34.8 Å². The van der Waals surface area contributed by atoms with E-state index in [1.165, 1.54) is 23.8 Å². The van der Waals surface area contributed by atoms with Crippen LogP contribution in [-0.2, 0) is 6.54 Å². The van der Waals surface area contributed by atoms with Crippen molar-refractivity contribution in [2.45, 2.75) is 50.9 Å². The molecule has 3 aliphatic rings. The van der Waals surface area contributed by atoms with Crippen LogP contribution in [0, 0.1) is 17.6 Å². The van der Waals surface area contributed by atoms with Crippen molar-refractivity contribution in [2.75, 3.05) is 0 Å². The second-order valence-electron chi connectivity index (χ2n) is 8.59. The van der Waals surface area contributed by atoms with Crippen LogP contribution in [0.1, 0.15) is 58.6 Å². The smallest absolute Gasteiger partial charge is 0.275 e. The minimum absolute atomic E-state index is 0.0104. The molecule has 1 aromatic carbocycles. The maximum atomic E-state index is 14.0. The first-order valence-corrected chi connectivity index (χ1v) is 10.3. The fourth-order valence-electron chi connectivity index (χ4n) is 5.35. The summed E-state index contributed by atoms with van der Waals surface area (Å²) in [7, 11) is 0. The first-order chi connectivity index (χ1) is 14.8. The van der Waals surface area contributed by atoms with Gasteiger partial charge in [0, 0.05) is 30.4 Å². The topological polar surface area (TPSA) is 91.6 Å². The number of rotatable bonds is 3. The number of piperidine rings is 1. The summed E-state index contributed by atoms with van der Waals surface area (Å²) >= 11 is 0. The van der Waals surface area contributed by atoms with Crippen LogP contribution in [0.25, 0.3) is 0 Å². The third-order valence-corrected chi connectivity index (χ3v) is 6.84. The number of aromatic nitrogens is 1. The molecule has 31 heavy (non-hydrogen) atoms. The Kier molecular flexibility index (Phi) is 4.39. The van der Waals surface area contributed by atoms with E-state index in [1.807, 2.05) is 0 Å². The monoisotopic (exact) mass is 429 g/mol. The van der Waals surface area contributed by atoms with Gasteiger partial charge in [0.2, 0.25) is 5.43 Å². The summed E-state index contributed by atoms with van der Waals surface area (Å²) in [6, 6.07) is 2.29. The number of pyridine rings is 1. The maximum Gasteiger partial charge on any atom is 0.275 e. The molecule has 2 bridgehead atoms. The predicted molar refractivity (Wildman–Crippen MR) is 106 cm³/mol. The Balaban J connectivity index is 1.46. The van der Waals surface area contributed by atoms with Crippen molar-refractivity contribution in [2.24, 2.45) is 5.92 Å². The van der Waals surface area contributed by atoms with Gasteiger partial charge in [0.25, 0.3) is 11.8 Å². The lowest BCUT2D eigenvalue weighted by Crippen LogP contribution is -2.52. The minimum atomic E-state index is -0.952. The maximum absolute atomic E-state index is 14.0. The Hall–Kier alpha value is -3.23. The van der Waals surface area contributed by atoms with Crippen LogP contribution in [0.5, 0.6) is 5.75 Å². The van der Waals surface area contributed by atoms with E-state index in [0.717, 1.165) is 25.3 Å². The molecule has 2 N–H and O–H groups in total. The lowest BCUT2D eigenvalue weighted by Gasteiger charge is -2.40. The van der Waals surface area contributed by atoms with E-state index in [1.54, 1.807) is 4.90 Å². The van der Waals surface area contributed by atoms with Crippen LogP contribution >= 0.6 is 0 Å². The largest absolute Gasteiger partial charge is 0.503 e. The average Bonchev–Trinajstić information content (AvgIpc) is 3.32. The van der Waals surface area contributed by atoms with Gasteiger partial charge >= 0.3 is 0 Å². The third-order valence-electron chi connectivity index (χ3n) is 6.84. The van der Waals surface area contributed by atoms with E-state index in [9.17, 15) is 28.3 Å². The van der Waals surface area contributed by atoms with Crippen LogP contribution in [0.3, 0.4) is 0 Å². The Morgan fingerprint density at radius 1 is 1.26 bits per heavy atom. The Morgan fingerprint density at radius 2 is 2.03 bits per heavy atom. The number of nitrogens with one attached hydrogen (secondary N) is 1. The summed E-state index contributed by atoms with van der Waals surface area (Å²) in [5.74, 6) is -3.12. The van der Waals surface area contributed by atoms with Crippen LogP contribution < -0.4 is 10.7 Å². The third kappa shape index (κ3) is 2.94. The van der Waals surface area contributed by atoms with Crippen molar-refractivity contribution < 1.29 is 23.5 Å². The number of aromatic hydroxyl groups is 1. The van der Waals surface area contributed by atoms with Crippen LogP contribution in [0.4, 0.5) is 8.78 Å². The average molecular weight is 429 g/mol. The molecule has 2 amide bonds. The normalized spacial score (nSPS) is 24.7. The zero-order valence-corrected chi connectivity index (χ0v) is 16.8. The molecule has 1 saturated heterocycles. The molecule has 9 heteroatoms. The van der Waals surface area contributed by atoms with Gasteiger partial charge in [-0.05, 0) is 38.2 Å². The lowest BCUT2D eigenvalue weighted by atomic mass is 9.95. The fourth-order valence-corrected chi connectivity index (χ4v) is 5.35. The zero-order valence-electron chi connectivity index (χ0n) is 16.8. The second kappa shape index (κ2) is 6.90.